The van der Waals surface area contributed by atoms with Crippen LogP contribution in [0, 0.1) is 0 Å². The molecule has 0 atom stereocenters. The number of nitrogens with one attached hydrogen (secondary N) is 2. The van der Waals surface area contributed by atoms with Crippen molar-refractivity contribution in [1.29, 1.82) is 0 Å². The molecule has 0 radical (unpaired) electrons. The van der Waals surface area contributed by atoms with Gasteiger partial charge >= 0.3 is 0 Å². The fourth-order valence-electron chi connectivity index (χ4n) is 1.56. The van der Waals surface area contributed by atoms with Crippen LogP contribution in [-0.4, -0.2) is 45.5 Å². The standard InChI is InChI=1S/C11H14N6O/c1-17(2)7-8-5-3-4-6-9(8)12-11(18)10-13-15-16-14-10/h3-6H,7H2,1-2H3,(H,12,18)(H,13,14,15,16). The van der Waals surface area contributed by atoms with Gasteiger partial charge in [-0.25, -0.2) is 0 Å². The van der Waals surface area contributed by atoms with E-state index in [0.29, 0.717) is 0 Å². The second-order valence-corrected chi connectivity index (χ2v) is 4.08. The first kappa shape index (κ1) is 12.2. The third kappa shape index (κ3) is 2.89. The number of nitrogens with zero attached hydrogens (tertiary/aromatic N) is 4. The van der Waals surface area contributed by atoms with Gasteiger partial charge in [0.1, 0.15) is 0 Å². The van der Waals surface area contributed by atoms with Crippen LogP contribution < -0.4 is 5.32 Å². The van der Waals surface area contributed by atoms with E-state index in [1.807, 2.05) is 43.3 Å². The largest absolute Gasteiger partial charge is 0.319 e. The third-order valence-corrected chi connectivity index (χ3v) is 2.30. The molecule has 2 N–H and O–H groups in total. The van der Waals surface area contributed by atoms with Crippen LogP contribution >= 0.6 is 0 Å². The lowest BCUT2D eigenvalue weighted by atomic mass is 10.1. The first-order valence-corrected chi connectivity index (χ1v) is 5.44. The summed E-state index contributed by atoms with van der Waals surface area (Å²) < 4.78 is 0. The van der Waals surface area contributed by atoms with Crippen LogP contribution in [0.25, 0.3) is 0 Å². The zero-order valence-corrected chi connectivity index (χ0v) is 10.2. The van der Waals surface area contributed by atoms with Crippen molar-refractivity contribution < 1.29 is 4.79 Å². The van der Waals surface area contributed by atoms with Crippen LogP contribution in [0.1, 0.15) is 16.2 Å². The maximum atomic E-state index is 11.8. The van der Waals surface area contributed by atoms with E-state index in [1.165, 1.54) is 0 Å². The number of hydrogen-bond donors (Lipinski definition) is 2. The van der Waals surface area contributed by atoms with Crippen LogP contribution in [0.4, 0.5) is 5.69 Å². The van der Waals surface area contributed by atoms with Gasteiger partial charge < -0.3 is 10.2 Å². The van der Waals surface area contributed by atoms with Crippen LogP contribution in [-0.2, 0) is 6.54 Å². The van der Waals surface area contributed by atoms with Crippen molar-refractivity contribution in [3.63, 3.8) is 0 Å². The minimum absolute atomic E-state index is 0.0228. The Balaban J connectivity index is 2.16. The monoisotopic (exact) mass is 246 g/mol. The summed E-state index contributed by atoms with van der Waals surface area (Å²) in [7, 11) is 3.94. The van der Waals surface area contributed by atoms with Gasteiger partial charge in [-0.2, -0.15) is 5.21 Å². The number of H-pyrrole nitrogens is 1. The highest BCUT2D eigenvalue weighted by Gasteiger charge is 2.12. The van der Waals surface area contributed by atoms with Crippen LogP contribution in [0.5, 0.6) is 0 Å². The molecule has 2 aromatic rings. The summed E-state index contributed by atoms with van der Waals surface area (Å²) in [6.45, 7) is 0.739. The lowest BCUT2D eigenvalue weighted by molar-refractivity contribution is 0.101. The average Bonchev–Trinajstić information content (AvgIpc) is 2.84. The van der Waals surface area contributed by atoms with E-state index in [-0.39, 0.29) is 11.7 Å². The Morgan fingerprint density at radius 2 is 2.17 bits per heavy atom. The van der Waals surface area contributed by atoms with Crippen molar-refractivity contribution in [2.75, 3.05) is 19.4 Å². The van der Waals surface area contributed by atoms with E-state index >= 15 is 0 Å². The van der Waals surface area contributed by atoms with Gasteiger partial charge in [0.2, 0.25) is 0 Å². The van der Waals surface area contributed by atoms with Gasteiger partial charge in [0.25, 0.3) is 11.7 Å². The second kappa shape index (κ2) is 5.37. The zero-order valence-electron chi connectivity index (χ0n) is 10.2. The smallest absolute Gasteiger partial charge is 0.297 e. The summed E-state index contributed by atoms with van der Waals surface area (Å²) in [5.74, 6) is -0.357. The number of carbonyl (C=O) groups is 1. The highest BCUT2D eigenvalue weighted by atomic mass is 16.2. The predicted molar refractivity (Wildman–Crippen MR) is 66.0 cm³/mol. The van der Waals surface area contributed by atoms with Gasteiger partial charge in [-0.3, -0.25) is 4.79 Å². The molecule has 2 rings (SSSR count). The van der Waals surface area contributed by atoms with Gasteiger partial charge in [0.15, 0.2) is 0 Å². The van der Waals surface area contributed by atoms with Crippen molar-refractivity contribution in [2.45, 2.75) is 6.54 Å². The van der Waals surface area contributed by atoms with Crippen molar-refractivity contribution in [3.8, 4) is 0 Å². The fraction of sp³-hybridized carbons (Fsp3) is 0.273. The SMILES string of the molecule is CN(C)Cc1ccccc1NC(=O)c1nn[nH]n1. The number of aromatic amines is 1. The predicted octanol–water partition coefficient (Wildman–Crippen LogP) is 0.514. The molecule has 1 amide bonds. The molecule has 7 heteroatoms. The molecule has 1 aromatic carbocycles. The fourth-order valence-corrected chi connectivity index (χ4v) is 1.56. The Morgan fingerprint density at radius 3 is 2.83 bits per heavy atom. The van der Waals surface area contributed by atoms with Crippen LogP contribution in [0.2, 0.25) is 0 Å². The highest BCUT2D eigenvalue weighted by molar-refractivity contribution is 6.01. The van der Waals surface area contributed by atoms with Crippen LogP contribution in [0.3, 0.4) is 0 Å². The van der Waals surface area contributed by atoms with Crippen molar-refractivity contribution >= 4 is 11.6 Å². The van der Waals surface area contributed by atoms with E-state index in [9.17, 15) is 4.79 Å². The van der Waals surface area contributed by atoms with Crippen LogP contribution in [0.15, 0.2) is 24.3 Å². The molecule has 18 heavy (non-hydrogen) atoms. The third-order valence-electron chi connectivity index (χ3n) is 2.30. The molecule has 0 saturated carbocycles. The molecule has 1 aromatic heterocycles. The van der Waals surface area contributed by atoms with E-state index in [2.05, 4.69) is 25.9 Å². The quantitative estimate of drug-likeness (QED) is 0.821. The highest BCUT2D eigenvalue weighted by Crippen LogP contribution is 2.16. The summed E-state index contributed by atoms with van der Waals surface area (Å²) in [5.41, 5.74) is 1.78. The summed E-state index contributed by atoms with van der Waals surface area (Å²) in [6, 6.07) is 7.61. The normalized spacial score (nSPS) is 10.6. The number of amides is 1. The van der Waals surface area contributed by atoms with Gasteiger partial charge in [0, 0.05) is 12.2 Å². The average molecular weight is 246 g/mol. The van der Waals surface area contributed by atoms with E-state index in [4.69, 9.17) is 0 Å². The molecule has 1 heterocycles. The van der Waals surface area contributed by atoms with Gasteiger partial charge in [-0.1, -0.05) is 18.2 Å². The Bertz CT molecular complexity index is 522. The molecule has 94 valence electrons. The van der Waals surface area contributed by atoms with Crippen molar-refractivity contribution in [1.82, 2.24) is 25.5 Å². The molecule has 0 aliphatic carbocycles. The molecular weight excluding hydrogens is 232 g/mol. The molecule has 7 nitrogen and oxygen atoms in total. The van der Waals surface area contributed by atoms with E-state index in [1.54, 1.807) is 0 Å². The number of carbonyl (C=O) groups excluding carboxylic acids is 1. The maximum Gasteiger partial charge on any atom is 0.297 e. The Morgan fingerprint density at radius 1 is 1.39 bits per heavy atom. The summed E-state index contributed by atoms with van der Waals surface area (Å²) >= 11 is 0. The Hall–Kier alpha value is -2.28. The number of para-hydroxylation sites is 1. The summed E-state index contributed by atoms with van der Waals surface area (Å²) in [5, 5.41) is 15.6. The Kier molecular flexibility index (Phi) is 3.63. The molecular formula is C11H14N6O. The number of tetrazole rings is 1. The zero-order chi connectivity index (χ0) is 13.0. The topological polar surface area (TPSA) is 86.8 Å². The molecule has 0 bridgehead atoms. The minimum atomic E-state index is -0.380. The van der Waals surface area contributed by atoms with Gasteiger partial charge in [-0.05, 0) is 30.9 Å². The Labute approximate surface area is 104 Å². The van der Waals surface area contributed by atoms with E-state index in [0.717, 1.165) is 17.8 Å². The molecule has 0 saturated heterocycles. The second-order valence-electron chi connectivity index (χ2n) is 4.08. The summed E-state index contributed by atoms with van der Waals surface area (Å²) in [4.78, 5) is 13.8. The number of anilines is 1. The lowest BCUT2D eigenvalue weighted by Crippen LogP contribution is -2.17. The summed E-state index contributed by atoms with van der Waals surface area (Å²) in [6.07, 6.45) is 0. The first-order chi connectivity index (χ1) is 8.66. The molecule has 0 aliphatic rings. The number of hydrogen-bond acceptors (Lipinski definition) is 5. The van der Waals surface area contributed by atoms with Crippen molar-refractivity contribution in [2.24, 2.45) is 0 Å². The minimum Gasteiger partial charge on any atom is -0.319 e. The number of aromatic nitrogens is 4. The van der Waals surface area contributed by atoms with Gasteiger partial charge in [-0.15, -0.1) is 10.2 Å². The molecule has 0 spiro atoms. The first-order valence-electron chi connectivity index (χ1n) is 5.44. The number of rotatable bonds is 4. The van der Waals surface area contributed by atoms with E-state index < -0.39 is 0 Å². The van der Waals surface area contributed by atoms with Crippen molar-refractivity contribution in [3.05, 3.63) is 35.7 Å². The number of benzene rings is 1. The van der Waals surface area contributed by atoms with Gasteiger partial charge in [0.05, 0.1) is 0 Å². The molecule has 0 aliphatic heterocycles. The maximum absolute atomic E-state index is 11.8. The molecule has 0 unspecified atom stereocenters. The lowest BCUT2D eigenvalue weighted by Gasteiger charge is -2.14. The molecule has 0 fully saturated rings.